The number of para-hydroxylation sites is 1. The van der Waals surface area contributed by atoms with E-state index in [-0.39, 0.29) is 11.8 Å². The Kier molecular flexibility index (Phi) is 5.37. The first-order valence-electron chi connectivity index (χ1n) is 7.69. The summed E-state index contributed by atoms with van der Waals surface area (Å²) >= 11 is 0. The number of hydrogen-bond donors (Lipinski definition) is 0. The maximum atomic E-state index is 12.3. The van der Waals surface area contributed by atoms with Crippen molar-refractivity contribution in [2.24, 2.45) is 5.92 Å². The molecule has 1 aromatic carbocycles. The van der Waals surface area contributed by atoms with E-state index >= 15 is 0 Å². The summed E-state index contributed by atoms with van der Waals surface area (Å²) in [4.78, 5) is 27.6. The van der Waals surface area contributed by atoms with Crippen LogP contribution < -0.4 is 4.90 Å². The van der Waals surface area contributed by atoms with Gasteiger partial charge >= 0.3 is 0 Å². The molecule has 1 heterocycles. The molecule has 0 saturated carbocycles. The largest absolute Gasteiger partial charge is 0.343 e. The summed E-state index contributed by atoms with van der Waals surface area (Å²) in [6.07, 6.45) is 2.56. The molecule has 0 radical (unpaired) electrons. The third kappa shape index (κ3) is 4.31. The molecule has 1 fully saturated rings. The average molecular weight is 288 g/mol. The third-order valence-corrected chi connectivity index (χ3v) is 4.13. The molecule has 0 aromatic heterocycles. The van der Waals surface area contributed by atoms with Crippen LogP contribution in [0.5, 0.6) is 0 Å². The highest BCUT2D eigenvalue weighted by atomic mass is 16.2. The monoisotopic (exact) mass is 288 g/mol. The first-order valence-corrected chi connectivity index (χ1v) is 7.69. The van der Waals surface area contributed by atoms with Gasteiger partial charge in [-0.15, -0.1) is 0 Å². The molecule has 0 N–H and O–H groups in total. The topological polar surface area (TPSA) is 40.6 Å². The lowest BCUT2D eigenvalue weighted by atomic mass is 9.99. The van der Waals surface area contributed by atoms with Crippen LogP contribution in [0.3, 0.4) is 0 Å². The number of carbonyl (C=O) groups excluding carboxylic acids is 2. The Morgan fingerprint density at radius 1 is 1.19 bits per heavy atom. The van der Waals surface area contributed by atoms with E-state index in [0.717, 1.165) is 31.6 Å². The van der Waals surface area contributed by atoms with E-state index in [1.165, 1.54) is 0 Å². The van der Waals surface area contributed by atoms with E-state index in [2.05, 4.69) is 6.92 Å². The van der Waals surface area contributed by atoms with E-state index in [0.29, 0.717) is 18.9 Å². The van der Waals surface area contributed by atoms with Crippen LogP contribution in [-0.4, -0.2) is 36.3 Å². The molecule has 0 atom stereocenters. The maximum absolute atomic E-state index is 12.3. The zero-order chi connectivity index (χ0) is 15.2. The second-order valence-corrected chi connectivity index (χ2v) is 5.82. The van der Waals surface area contributed by atoms with E-state index in [9.17, 15) is 9.59 Å². The molecule has 1 aromatic rings. The fourth-order valence-electron chi connectivity index (χ4n) is 2.70. The van der Waals surface area contributed by atoms with Crippen LogP contribution in [-0.2, 0) is 9.59 Å². The molecule has 1 saturated heterocycles. The molecule has 0 aliphatic carbocycles. The number of amides is 2. The van der Waals surface area contributed by atoms with Crippen molar-refractivity contribution in [3.63, 3.8) is 0 Å². The van der Waals surface area contributed by atoms with Gasteiger partial charge < -0.3 is 9.80 Å². The fraction of sp³-hybridized carbons (Fsp3) is 0.529. The molecule has 0 spiro atoms. The molecular formula is C17H24N2O2. The minimum absolute atomic E-state index is 0.0266. The second-order valence-electron chi connectivity index (χ2n) is 5.82. The van der Waals surface area contributed by atoms with Crippen LogP contribution in [0.25, 0.3) is 0 Å². The Bertz CT molecular complexity index is 479. The van der Waals surface area contributed by atoms with Crippen molar-refractivity contribution in [1.29, 1.82) is 0 Å². The molecule has 0 unspecified atom stereocenters. The van der Waals surface area contributed by atoms with Crippen molar-refractivity contribution in [2.45, 2.75) is 33.1 Å². The molecule has 2 amide bonds. The van der Waals surface area contributed by atoms with Crippen molar-refractivity contribution < 1.29 is 9.59 Å². The number of nitrogens with zero attached hydrogens (tertiary/aromatic N) is 2. The van der Waals surface area contributed by atoms with E-state index < -0.39 is 0 Å². The molecule has 4 nitrogen and oxygen atoms in total. The summed E-state index contributed by atoms with van der Waals surface area (Å²) in [6, 6.07) is 9.52. The second kappa shape index (κ2) is 7.25. The molecule has 0 bridgehead atoms. The van der Waals surface area contributed by atoms with Gasteiger partial charge in [0.05, 0.1) is 0 Å². The molecule has 1 aliphatic heterocycles. The van der Waals surface area contributed by atoms with Crippen molar-refractivity contribution >= 4 is 17.5 Å². The molecule has 4 heteroatoms. The lowest BCUT2D eigenvalue weighted by molar-refractivity contribution is -0.132. The Morgan fingerprint density at radius 3 is 2.38 bits per heavy atom. The summed E-state index contributed by atoms with van der Waals surface area (Å²) < 4.78 is 0. The van der Waals surface area contributed by atoms with Gasteiger partial charge in [0.2, 0.25) is 11.8 Å². The molecule has 21 heavy (non-hydrogen) atoms. The number of likely N-dealkylation sites (tertiary alicyclic amines) is 1. The van der Waals surface area contributed by atoms with Crippen LogP contribution in [0.1, 0.15) is 33.1 Å². The zero-order valence-electron chi connectivity index (χ0n) is 12.9. The summed E-state index contributed by atoms with van der Waals surface area (Å²) in [5, 5.41) is 0. The maximum Gasteiger partial charge on any atom is 0.224 e. The van der Waals surface area contributed by atoms with Crippen molar-refractivity contribution in [2.75, 3.05) is 24.5 Å². The lowest BCUT2D eigenvalue weighted by Crippen LogP contribution is -2.40. The number of piperidine rings is 1. The normalized spacial score (nSPS) is 15.8. The average Bonchev–Trinajstić information content (AvgIpc) is 2.48. The van der Waals surface area contributed by atoms with Crippen LogP contribution in [0.2, 0.25) is 0 Å². The van der Waals surface area contributed by atoms with Gasteiger partial charge in [0.25, 0.3) is 0 Å². The van der Waals surface area contributed by atoms with Crippen LogP contribution in [0.4, 0.5) is 5.69 Å². The van der Waals surface area contributed by atoms with Gasteiger partial charge in [0.1, 0.15) is 0 Å². The molecule has 114 valence electrons. The number of rotatable bonds is 4. The SMILES string of the molecule is CC(=O)N(CCC(=O)N1CCC(C)CC1)c1ccccc1. The molecular weight excluding hydrogens is 264 g/mol. The highest BCUT2D eigenvalue weighted by Crippen LogP contribution is 2.18. The van der Waals surface area contributed by atoms with E-state index in [1.807, 2.05) is 35.2 Å². The van der Waals surface area contributed by atoms with Crippen LogP contribution >= 0.6 is 0 Å². The highest BCUT2D eigenvalue weighted by molar-refractivity contribution is 5.92. The Balaban J connectivity index is 1.90. The summed E-state index contributed by atoms with van der Waals surface area (Å²) in [6.45, 7) is 5.93. The molecule has 2 rings (SSSR count). The van der Waals surface area contributed by atoms with Gasteiger partial charge in [0.15, 0.2) is 0 Å². The van der Waals surface area contributed by atoms with Gasteiger partial charge in [-0.2, -0.15) is 0 Å². The van der Waals surface area contributed by atoms with Gasteiger partial charge in [-0.1, -0.05) is 25.1 Å². The first-order chi connectivity index (χ1) is 10.1. The lowest BCUT2D eigenvalue weighted by Gasteiger charge is -2.31. The van der Waals surface area contributed by atoms with Gasteiger partial charge in [-0.05, 0) is 30.9 Å². The Labute approximate surface area is 126 Å². The zero-order valence-corrected chi connectivity index (χ0v) is 12.9. The summed E-state index contributed by atoms with van der Waals surface area (Å²) in [5.74, 6) is 0.845. The predicted octanol–water partition coefficient (Wildman–Crippen LogP) is 2.69. The fourth-order valence-corrected chi connectivity index (χ4v) is 2.70. The Hall–Kier alpha value is -1.84. The Morgan fingerprint density at radius 2 is 1.81 bits per heavy atom. The number of hydrogen-bond acceptors (Lipinski definition) is 2. The quantitative estimate of drug-likeness (QED) is 0.854. The number of anilines is 1. The minimum Gasteiger partial charge on any atom is -0.343 e. The van der Waals surface area contributed by atoms with Crippen LogP contribution in [0.15, 0.2) is 30.3 Å². The van der Waals surface area contributed by atoms with Gasteiger partial charge in [0, 0.05) is 38.7 Å². The summed E-state index contributed by atoms with van der Waals surface area (Å²) in [5.41, 5.74) is 0.852. The predicted molar refractivity (Wildman–Crippen MR) is 84.1 cm³/mol. The van der Waals surface area contributed by atoms with E-state index in [1.54, 1.807) is 11.8 Å². The van der Waals surface area contributed by atoms with Crippen molar-refractivity contribution in [3.05, 3.63) is 30.3 Å². The minimum atomic E-state index is -0.0266. The number of benzene rings is 1. The van der Waals surface area contributed by atoms with Crippen molar-refractivity contribution in [1.82, 2.24) is 4.90 Å². The van der Waals surface area contributed by atoms with Gasteiger partial charge in [-0.3, -0.25) is 9.59 Å². The summed E-state index contributed by atoms with van der Waals surface area (Å²) in [7, 11) is 0. The highest BCUT2D eigenvalue weighted by Gasteiger charge is 2.21. The smallest absolute Gasteiger partial charge is 0.224 e. The van der Waals surface area contributed by atoms with Crippen molar-refractivity contribution in [3.8, 4) is 0 Å². The first kappa shape index (κ1) is 15.5. The third-order valence-electron chi connectivity index (χ3n) is 4.13. The van der Waals surface area contributed by atoms with Gasteiger partial charge in [-0.25, -0.2) is 0 Å². The number of carbonyl (C=O) groups is 2. The molecule has 1 aliphatic rings. The standard InChI is InChI=1S/C17H24N2O2/c1-14-8-11-18(12-9-14)17(21)10-13-19(15(2)20)16-6-4-3-5-7-16/h3-7,14H,8-13H2,1-2H3. The van der Waals surface area contributed by atoms with E-state index in [4.69, 9.17) is 0 Å². The van der Waals surface area contributed by atoms with Crippen LogP contribution in [0, 0.1) is 5.92 Å².